The molecule has 2 N–H and O–H groups in total. The number of thiol groups is 1. The molecule has 9 nitrogen and oxygen atoms in total. The monoisotopic (exact) mass is 539 g/mol. The maximum absolute atomic E-state index is 11.3. The Balaban J connectivity index is 3.04. The van der Waals surface area contributed by atoms with Crippen LogP contribution in [-0.2, 0) is 33.2 Å². The van der Waals surface area contributed by atoms with Crippen LogP contribution in [0, 0.1) is 0 Å². The molecule has 0 aromatic carbocycles. The molecule has 0 saturated carbocycles. The average Bonchev–Trinajstić information content (AvgIpc) is 2.88. The molecule has 0 fully saturated rings. The highest BCUT2D eigenvalue weighted by molar-refractivity contribution is 7.80. The van der Waals surface area contributed by atoms with Crippen molar-refractivity contribution in [3.8, 4) is 0 Å². The van der Waals surface area contributed by atoms with Crippen LogP contribution in [0.5, 0.6) is 0 Å². The van der Waals surface area contributed by atoms with E-state index in [0.29, 0.717) is 84.8 Å². The van der Waals surface area contributed by atoms with Crippen molar-refractivity contribution in [3.05, 3.63) is 0 Å². The number of rotatable bonds is 31. The van der Waals surface area contributed by atoms with E-state index in [0.717, 1.165) is 26.0 Å². The fraction of sp³-hybridized carbons (Fsp3) is 0.962. The quantitative estimate of drug-likeness (QED) is 0.0912. The van der Waals surface area contributed by atoms with Gasteiger partial charge in [-0.1, -0.05) is 44.9 Å². The summed E-state index contributed by atoms with van der Waals surface area (Å²) < 4.78 is 32.4. The molecular formula is C26H53NO8S. The molecule has 1 amide bonds. The van der Waals surface area contributed by atoms with Gasteiger partial charge >= 0.3 is 0 Å². The van der Waals surface area contributed by atoms with Crippen LogP contribution in [0.25, 0.3) is 0 Å². The summed E-state index contributed by atoms with van der Waals surface area (Å²) in [6.45, 7) is 7.42. The number of aliphatic hydroxyl groups excluding tert-OH is 1. The highest BCUT2D eigenvalue weighted by Gasteiger charge is 1.98. The molecule has 0 aliphatic rings. The standard InChI is InChI=1S/C26H53NO8S/c28-12-14-31-16-18-33-20-22-35-24-23-34-21-19-32-17-15-30-13-9-7-5-3-1-2-4-6-8-11-27-26(29)10-25-36/h28,36H,1-25H2,(H,27,29). The first-order chi connectivity index (χ1) is 17.8. The van der Waals surface area contributed by atoms with E-state index < -0.39 is 0 Å². The lowest BCUT2D eigenvalue weighted by atomic mass is 10.1. The van der Waals surface area contributed by atoms with Gasteiger partial charge in [-0.15, -0.1) is 0 Å². The molecule has 0 aromatic heterocycles. The first-order valence-electron chi connectivity index (χ1n) is 13.8. The van der Waals surface area contributed by atoms with Crippen molar-refractivity contribution in [2.75, 3.05) is 98.2 Å². The van der Waals surface area contributed by atoms with Crippen molar-refractivity contribution in [2.45, 2.75) is 64.2 Å². The maximum atomic E-state index is 11.3. The van der Waals surface area contributed by atoms with Crippen LogP contribution in [-0.4, -0.2) is 109 Å². The largest absolute Gasteiger partial charge is 0.394 e. The summed E-state index contributed by atoms with van der Waals surface area (Å²) >= 11 is 4.06. The predicted molar refractivity (Wildman–Crippen MR) is 145 cm³/mol. The van der Waals surface area contributed by atoms with Crippen LogP contribution in [0.2, 0.25) is 0 Å². The average molecular weight is 540 g/mol. The number of unbranched alkanes of at least 4 members (excludes halogenated alkanes) is 8. The van der Waals surface area contributed by atoms with E-state index in [1.54, 1.807) is 0 Å². The molecular weight excluding hydrogens is 486 g/mol. The SMILES string of the molecule is O=C(CCS)NCCCCCCCCCCCOCCOCCOCCOCCOCCOCCO. The molecule has 0 heterocycles. The molecule has 0 spiro atoms. The second kappa shape index (κ2) is 32.6. The molecule has 0 atom stereocenters. The van der Waals surface area contributed by atoms with Gasteiger partial charge in [0.05, 0.1) is 79.3 Å². The molecule has 0 bridgehead atoms. The molecule has 216 valence electrons. The van der Waals surface area contributed by atoms with E-state index in [1.165, 1.54) is 44.9 Å². The van der Waals surface area contributed by atoms with Crippen LogP contribution < -0.4 is 5.32 Å². The number of hydrogen-bond donors (Lipinski definition) is 3. The van der Waals surface area contributed by atoms with Crippen LogP contribution in [0.15, 0.2) is 0 Å². The molecule has 0 aliphatic carbocycles. The number of nitrogens with one attached hydrogen (secondary N) is 1. The lowest BCUT2D eigenvalue weighted by molar-refractivity contribution is -0.120. The second-order valence-electron chi connectivity index (χ2n) is 8.40. The number of carbonyl (C=O) groups excluding carboxylic acids is 1. The summed E-state index contributed by atoms with van der Waals surface area (Å²) in [5, 5.41) is 11.5. The Bertz CT molecular complexity index is 435. The lowest BCUT2D eigenvalue weighted by Gasteiger charge is -2.08. The molecule has 10 heteroatoms. The number of hydrogen-bond acceptors (Lipinski definition) is 9. The van der Waals surface area contributed by atoms with Gasteiger partial charge in [-0.2, -0.15) is 12.6 Å². The summed E-state index contributed by atoms with van der Waals surface area (Å²) in [7, 11) is 0. The number of amides is 1. The van der Waals surface area contributed by atoms with Crippen molar-refractivity contribution in [1.82, 2.24) is 5.32 Å². The highest BCUT2D eigenvalue weighted by Crippen LogP contribution is 2.09. The molecule has 0 radical (unpaired) electrons. The van der Waals surface area contributed by atoms with Gasteiger partial charge < -0.3 is 38.8 Å². The fourth-order valence-corrected chi connectivity index (χ4v) is 3.45. The van der Waals surface area contributed by atoms with Gasteiger partial charge in [0.25, 0.3) is 0 Å². The van der Waals surface area contributed by atoms with E-state index in [4.69, 9.17) is 33.5 Å². The lowest BCUT2D eigenvalue weighted by Crippen LogP contribution is -2.24. The minimum Gasteiger partial charge on any atom is -0.394 e. The summed E-state index contributed by atoms with van der Waals surface area (Å²) in [5.41, 5.74) is 0. The fourth-order valence-electron chi connectivity index (χ4n) is 3.25. The smallest absolute Gasteiger partial charge is 0.220 e. The Morgan fingerprint density at radius 3 is 1.31 bits per heavy atom. The number of aliphatic hydroxyl groups is 1. The van der Waals surface area contributed by atoms with Gasteiger partial charge in [-0.3, -0.25) is 4.79 Å². The Morgan fingerprint density at radius 1 is 0.528 bits per heavy atom. The van der Waals surface area contributed by atoms with Crippen molar-refractivity contribution in [2.24, 2.45) is 0 Å². The first-order valence-corrected chi connectivity index (χ1v) is 14.4. The number of ether oxygens (including phenoxy) is 6. The van der Waals surface area contributed by atoms with Crippen LogP contribution in [0.1, 0.15) is 64.2 Å². The van der Waals surface area contributed by atoms with Gasteiger partial charge in [0.15, 0.2) is 0 Å². The maximum Gasteiger partial charge on any atom is 0.220 e. The van der Waals surface area contributed by atoms with Gasteiger partial charge in [0, 0.05) is 19.6 Å². The first kappa shape index (κ1) is 35.5. The van der Waals surface area contributed by atoms with Crippen LogP contribution in [0.4, 0.5) is 0 Å². The van der Waals surface area contributed by atoms with Crippen molar-refractivity contribution < 1.29 is 38.3 Å². The van der Waals surface area contributed by atoms with Gasteiger partial charge in [-0.25, -0.2) is 0 Å². The Hall–Kier alpha value is -0.460. The molecule has 0 rings (SSSR count). The zero-order valence-electron chi connectivity index (χ0n) is 22.4. The Labute approximate surface area is 224 Å². The third kappa shape index (κ3) is 31.6. The predicted octanol–water partition coefficient (Wildman–Crippen LogP) is 3.03. The van der Waals surface area contributed by atoms with E-state index >= 15 is 0 Å². The third-order valence-corrected chi connectivity index (χ3v) is 5.45. The van der Waals surface area contributed by atoms with E-state index in [2.05, 4.69) is 17.9 Å². The summed E-state index contributed by atoms with van der Waals surface area (Å²) in [6, 6.07) is 0. The van der Waals surface area contributed by atoms with E-state index in [-0.39, 0.29) is 12.5 Å². The summed E-state index contributed by atoms with van der Waals surface area (Å²) in [4.78, 5) is 11.3. The zero-order valence-corrected chi connectivity index (χ0v) is 23.3. The van der Waals surface area contributed by atoms with Crippen molar-refractivity contribution in [1.29, 1.82) is 0 Å². The van der Waals surface area contributed by atoms with Gasteiger partial charge in [0.2, 0.25) is 5.91 Å². The van der Waals surface area contributed by atoms with E-state index in [9.17, 15) is 4.79 Å². The minimum atomic E-state index is 0.0354. The van der Waals surface area contributed by atoms with Gasteiger partial charge in [-0.05, 0) is 18.6 Å². The highest BCUT2D eigenvalue weighted by atomic mass is 32.1. The van der Waals surface area contributed by atoms with Gasteiger partial charge in [0.1, 0.15) is 0 Å². The second-order valence-corrected chi connectivity index (χ2v) is 8.85. The van der Waals surface area contributed by atoms with Crippen molar-refractivity contribution >= 4 is 18.5 Å². The molecule has 0 aliphatic heterocycles. The van der Waals surface area contributed by atoms with Crippen molar-refractivity contribution in [3.63, 3.8) is 0 Å². The van der Waals surface area contributed by atoms with E-state index in [1.807, 2.05) is 0 Å². The summed E-state index contributed by atoms with van der Waals surface area (Å²) in [5.74, 6) is 0.728. The number of carbonyl (C=O) groups is 1. The molecule has 0 aromatic rings. The van der Waals surface area contributed by atoms with Crippen LogP contribution in [0.3, 0.4) is 0 Å². The molecule has 0 saturated heterocycles. The normalized spacial score (nSPS) is 11.3. The summed E-state index contributed by atoms with van der Waals surface area (Å²) in [6.07, 6.45) is 11.5. The minimum absolute atomic E-state index is 0.0354. The zero-order chi connectivity index (χ0) is 26.2. The Kier molecular flexibility index (Phi) is 32.2. The molecule has 0 unspecified atom stereocenters. The topological polar surface area (TPSA) is 105 Å². The van der Waals surface area contributed by atoms with Crippen LogP contribution >= 0.6 is 12.6 Å². The molecule has 36 heavy (non-hydrogen) atoms. The third-order valence-electron chi connectivity index (χ3n) is 5.22. The Morgan fingerprint density at radius 2 is 0.889 bits per heavy atom.